The molecule has 1 aromatic heterocycles. The number of esters is 1. The molecule has 3 nitrogen and oxygen atoms in total. The quantitative estimate of drug-likeness (QED) is 0.804. The van der Waals surface area contributed by atoms with Crippen molar-refractivity contribution in [2.75, 3.05) is 0 Å². The van der Waals surface area contributed by atoms with Gasteiger partial charge >= 0.3 is 5.97 Å². The maximum Gasteiger partial charge on any atom is 0.349 e. The van der Waals surface area contributed by atoms with Crippen LogP contribution in [0.2, 0.25) is 0 Å². The van der Waals surface area contributed by atoms with Gasteiger partial charge in [-0.1, -0.05) is 12.1 Å². The topological polar surface area (TPSA) is 50.1 Å². The van der Waals surface area contributed by atoms with Crippen molar-refractivity contribution in [1.29, 1.82) is 5.26 Å². The summed E-state index contributed by atoms with van der Waals surface area (Å²) in [5.74, 6) is -0.824. The molecule has 0 fully saturated rings. The molecule has 1 unspecified atom stereocenters. The van der Waals surface area contributed by atoms with Crippen molar-refractivity contribution in [3.8, 4) is 16.5 Å². The van der Waals surface area contributed by atoms with Gasteiger partial charge < -0.3 is 4.74 Å². The lowest BCUT2D eigenvalue weighted by Crippen LogP contribution is -2.11. The Morgan fingerprint density at radius 2 is 2.00 bits per heavy atom. The van der Waals surface area contributed by atoms with E-state index in [4.69, 9.17) is 10.00 Å². The van der Waals surface area contributed by atoms with Gasteiger partial charge in [-0.05, 0) is 36.8 Å². The number of thiophene rings is 1. The maximum absolute atomic E-state index is 12.8. The van der Waals surface area contributed by atoms with Crippen molar-refractivity contribution >= 4 is 17.3 Å². The lowest BCUT2D eigenvalue weighted by atomic mass is 10.2. The summed E-state index contributed by atoms with van der Waals surface area (Å²) < 4.78 is 17.7. The van der Waals surface area contributed by atoms with Gasteiger partial charge in [0.2, 0.25) is 0 Å². The molecule has 0 saturated heterocycles. The Kier molecular flexibility index (Phi) is 3.93. The average molecular weight is 275 g/mol. The highest BCUT2D eigenvalue weighted by atomic mass is 32.1. The molecule has 5 heteroatoms. The van der Waals surface area contributed by atoms with Crippen LogP contribution in [0.15, 0.2) is 36.4 Å². The lowest BCUT2D eigenvalue weighted by Gasteiger charge is -2.03. The smallest absolute Gasteiger partial charge is 0.349 e. The van der Waals surface area contributed by atoms with E-state index in [1.807, 2.05) is 6.07 Å². The van der Waals surface area contributed by atoms with Crippen LogP contribution in [0, 0.1) is 17.1 Å². The van der Waals surface area contributed by atoms with E-state index in [9.17, 15) is 9.18 Å². The molecule has 0 bridgehead atoms. The molecular weight excluding hydrogens is 265 g/mol. The first kappa shape index (κ1) is 13.2. The highest BCUT2D eigenvalue weighted by Gasteiger charge is 2.14. The van der Waals surface area contributed by atoms with Gasteiger partial charge in [-0.15, -0.1) is 11.3 Å². The summed E-state index contributed by atoms with van der Waals surface area (Å²) in [7, 11) is 0. The first-order valence-corrected chi connectivity index (χ1v) is 6.38. The minimum Gasteiger partial charge on any atom is -0.443 e. The molecule has 1 atom stereocenters. The zero-order valence-electron chi connectivity index (χ0n) is 10.1. The highest BCUT2D eigenvalue weighted by Crippen LogP contribution is 2.28. The van der Waals surface area contributed by atoms with Gasteiger partial charge in [0.15, 0.2) is 6.10 Å². The molecule has 0 radical (unpaired) electrons. The molecule has 19 heavy (non-hydrogen) atoms. The summed E-state index contributed by atoms with van der Waals surface area (Å²) in [6.07, 6.45) is -0.774. The van der Waals surface area contributed by atoms with Gasteiger partial charge in [-0.3, -0.25) is 0 Å². The monoisotopic (exact) mass is 275 g/mol. The van der Waals surface area contributed by atoms with Crippen molar-refractivity contribution in [3.63, 3.8) is 0 Å². The number of benzene rings is 1. The van der Waals surface area contributed by atoms with Gasteiger partial charge in [-0.2, -0.15) is 5.26 Å². The van der Waals surface area contributed by atoms with Gasteiger partial charge in [0.25, 0.3) is 0 Å². The number of hydrogen-bond donors (Lipinski definition) is 0. The third-order valence-corrected chi connectivity index (χ3v) is 3.52. The molecule has 0 aliphatic rings. The van der Waals surface area contributed by atoms with Crippen LogP contribution in [0.1, 0.15) is 16.6 Å². The SMILES string of the molecule is CC(C#N)OC(=O)c1ccc(-c2ccc(F)cc2)s1. The first-order valence-electron chi connectivity index (χ1n) is 5.56. The molecule has 0 aliphatic carbocycles. The summed E-state index contributed by atoms with van der Waals surface area (Å²) in [4.78, 5) is 13.0. The van der Waals surface area contributed by atoms with Crippen LogP contribution in [0.4, 0.5) is 4.39 Å². The maximum atomic E-state index is 12.8. The lowest BCUT2D eigenvalue weighted by molar-refractivity contribution is 0.0441. The minimum absolute atomic E-state index is 0.303. The number of carbonyl (C=O) groups excluding carboxylic acids is 1. The number of nitrogens with zero attached hydrogens (tertiary/aromatic N) is 1. The Labute approximate surface area is 113 Å². The van der Waals surface area contributed by atoms with Crippen LogP contribution in [-0.4, -0.2) is 12.1 Å². The Morgan fingerprint density at radius 3 is 2.63 bits per heavy atom. The second kappa shape index (κ2) is 5.63. The van der Waals surface area contributed by atoms with Crippen molar-refractivity contribution in [1.82, 2.24) is 0 Å². The summed E-state index contributed by atoms with van der Waals surface area (Å²) in [6.45, 7) is 1.51. The van der Waals surface area contributed by atoms with Gasteiger partial charge in [0, 0.05) is 4.88 Å². The summed E-state index contributed by atoms with van der Waals surface area (Å²) >= 11 is 1.25. The fraction of sp³-hybridized carbons (Fsp3) is 0.143. The van der Waals surface area contributed by atoms with Crippen LogP contribution in [0.5, 0.6) is 0 Å². The summed E-state index contributed by atoms with van der Waals surface area (Å²) in [5.41, 5.74) is 0.832. The molecule has 96 valence electrons. The van der Waals surface area contributed by atoms with Crippen LogP contribution < -0.4 is 0 Å². The predicted octanol–water partition coefficient (Wildman–Crippen LogP) is 3.62. The number of nitriles is 1. The Morgan fingerprint density at radius 1 is 1.32 bits per heavy atom. The fourth-order valence-corrected chi connectivity index (χ4v) is 2.36. The molecule has 0 amide bonds. The summed E-state index contributed by atoms with van der Waals surface area (Å²) in [5, 5.41) is 8.58. The standard InChI is InChI=1S/C14H10FNO2S/c1-9(8-16)18-14(17)13-7-6-12(19-13)10-2-4-11(15)5-3-10/h2-7,9H,1H3. The van der Waals surface area contributed by atoms with E-state index in [1.165, 1.54) is 30.4 Å². The van der Waals surface area contributed by atoms with Crippen LogP contribution >= 0.6 is 11.3 Å². The van der Waals surface area contributed by atoms with Crippen molar-refractivity contribution in [3.05, 3.63) is 47.1 Å². The van der Waals surface area contributed by atoms with Gasteiger partial charge in [0.1, 0.15) is 16.8 Å². The van der Waals surface area contributed by atoms with Crippen molar-refractivity contribution in [2.45, 2.75) is 13.0 Å². The molecule has 0 N–H and O–H groups in total. The second-order valence-electron chi connectivity index (χ2n) is 3.85. The zero-order valence-corrected chi connectivity index (χ0v) is 10.9. The molecule has 1 heterocycles. The van der Waals surface area contributed by atoms with E-state index in [1.54, 1.807) is 24.3 Å². The van der Waals surface area contributed by atoms with Crippen LogP contribution in [-0.2, 0) is 4.74 Å². The largest absolute Gasteiger partial charge is 0.443 e. The fourth-order valence-electron chi connectivity index (χ4n) is 1.46. The average Bonchev–Trinajstić information content (AvgIpc) is 2.89. The molecule has 1 aromatic carbocycles. The van der Waals surface area contributed by atoms with Crippen LogP contribution in [0.25, 0.3) is 10.4 Å². The number of hydrogen-bond acceptors (Lipinski definition) is 4. The van der Waals surface area contributed by atoms with E-state index >= 15 is 0 Å². The Balaban J connectivity index is 2.17. The third-order valence-electron chi connectivity index (χ3n) is 2.40. The molecule has 2 aromatic rings. The minimum atomic E-state index is -0.774. The molecule has 2 rings (SSSR count). The number of ether oxygens (including phenoxy) is 1. The first-order chi connectivity index (χ1) is 9.10. The normalized spacial score (nSPS) is 11.6. The molecule has 0 spiro atoms. The predicted molar refractivity (Wildman–Crippen MR) is 70.2 cm³/mol. The van der Waals surface area contributed by atoms with E-state index in [-0.39, 0.29) is 5.82 Å². The third kappa shape index (κ3) is 3.18. The zero-order chi connectivity index (χ0) is 13.8. The number of rotatable bonds is 3. The Hall–Kier alpha value is -2.19. The highest BCUT2D eigenvalue weighted by molar-refractivity contribution is 7.17. The van der Waals surface area contributed by atoms with Crippen LogP contribution in [0.3, 0.4) is 0 Å². The number of halogens is 1. The van der Waals surface area contributed by atoms with E-state index in [2.05, 4.69) is 0 Å². The van der Waals surface area contributed by atoms with E-state index in [0.29, 0.717) is 4.88 Å². The van der Waals surface area contributed by atoms with E-state index in [0.717, 1.165) is 10.4 Å². The van der Waals surface area contributed by atoms with Crippen molar-refractivity contribution < 1.29 is 13.9 Å². The number of carbonyl (C=O) groups is 1. The molecule has 0 aliphatic heterocycles. The van der Waals surface area contributed by atoms with Gasteiger partial charge in [0.05, 0.1) is 0 Å². The Bertz CT molecular complexity index is 628. The summed E-state index contributed by atoms with van der Waals surface area (Å²) in [6, 6.07) is 11.3. The molecular formula is C14H10FNO2S. The molecule has 0 saturated carbocycles. The van der Waals surface area contributed by atoms with Crippen molar-refractivity contribution in [2.24, 2.45) is 0 Å². The van der Waals surface area contributed by atoms with E-state index < -0.39 is 12.1 Å². The van der Waals surface area contributed by atoms with Gasteiger partial charge in [-0.25, -0.2) is 9.18 Å². The second-order valence-corrected chi connectivity index (χ2v) is 4.93.